The largest absolute Gasteiger partial charge is 0.311 e. The molecule has 0 saturated carbocycles. The van der Waals surface area contributed by atoms with E-state index in [1.54, 1.807) is 11.3 Å². The first-order chi connectivity index (χ1) is 8.63. The van der Waals surface area contributed by atoms with Gasteiger partial charge in [-0.05, 0) is 19.3 Å². The maximum atomic E-state index is 4.54. The smallest absolute Gasteiger partial charge is 0.0940 e. The molecule has 0 aromatic carbocycles. The number of hydrogen-bond acceptors (Lipinski definition) is 4. The van der Waals surface area contributed by atoms with E-state index in [1.165, 1.54) is 24.5 Å². The molecule has 1 aliphatic heterocycles. The highest BCUT2D eigenvalue weighted by Crippen LogP contribution is 2.12. The molecule has 4 heteroatoms. The van der Waals surface area contributed by atoms with E-state index in [4.69, 9.17) is 0 Å². The van der Waals surface area contributed by atoms with Crippen molar-refractivity contribution in [1.29, 1.82) is 0 Å². The van der Waals surface area contributed by atoms with E-state index in [0.29, 0.717) is 6.04 Å². The summed E-state index contributed by atoms with van der Waals surface area (Å²) in [4.78, 5) is 7.12. The van der Waals surface area contributed by atoms with Crippen LogP contribution < -0.4 is 5.32 Å². The van der Waals surface area contributed by atoms with Crippen molar-refractivity contribution in [3.8, 4) is 0 Å². The highest BCUT2D eigenvalue weighted by atomic mass is 32.1. The predicted molar refractivity (Wildman–Crippen MR) is 78.2 cm³/mol. The molecule has 1 unspecified atom stereocenters. The van der Waals surface area contributed by atoms with Crippen LogP contribution in [-0.4, -0.2) is 42.1 Å². The second kappa shape index (κ2) is 6.64. The molecule has 1 aromatic heterocycles. The van der Waals surface area contributed by atoms with Gasteiger partial charge < -0.3 is 10.2 Å². The summed E-state index contributed by atoms with van der Waals surface area (Å²) in [6.07, 6.45) is 2.39. The lowest BCUT2D eigenvalue weighted by Gasteiger charge is -2.34. The zero-order chi connectivity index (χ0) is 13.0. The summed E-state index contributed by atoms with van der Waals surface area (Å²) >= 11 is 1.80. The Morgan fingerprint density at radius 1 is 1.56 bits per heavy atom. The zero-order valence-corrected chi connectivity index (χ0v) is 12.6. The monoisotopic (exact) mass is 267 g/mol. The van der Waals surface area contributed by atoms with Crippen LogP contribution in [0.2, 0.25) is 0 Å². The van der Waals surface area contributed by atoms with Crippen LogP contribution in [0.25, 0.3) is 0 Å². The van der Waals surface area contributed by atoms with Gasteiger partial charge in [-0.15, -0.1) is 11.3 Å². The summed E-state index contributed by atoms with van der Waals surface area (Å²) in [5.41, 5.74) is 1.16. The van der Waals surface area contributed by atoms with E-state index in [-0.39, 0.29) is 0 Å². The first kappa shape index (κ1) is 14.0. The highest BCUT2D eigenvalue weighted by molar-refractivity contribution is 7.09. The average molecular weight is 267 g/mol. The van der Waals surface area contributed by atoms with Gasteiger partial charge in [0.2, 0.25) is 0 Å². The normalized spacial score (nSPS) is 21.7. The Kier molecular flexibility index (Phi) is 5.15. The number of aryl methyl sites for hydroxylation is 1. The summed E-state index contributed by atoms with van der Waals surface area (Å²) in [6, 6.07) is 0.678. The third-order valence-electron chi connectivity index (χ3n) is 3.40. The molecule has 0 radical (unpaired) electrons. The van der Waals surface area contributed by atoms with E-state index in [0.717, 1.165) is 31.1 Å². The van der Waals surface area contributed by atoms with Crippen molar-refractivity contribution in [2.45, 2.75) is 39.7 Å². The van der Waals surface area contributed by atoms with Crippen molar-refractivity contribution < 1.29 is 0 Å². The van der Waals surface area contributed by atoms with E-state index in [2.05, 4.69) is 41.4 Å². The van der Waals surface area contributed by atoms with Crippen molar-refractivity contribution in [2.75, 3.05) is 26.2 Å². The van der Waals surface area contributed by atoms with Crippen LogP contribution >= 0.6 is 11.3 Å². The molecule has 1 atom stereocenters. The van der Waals surface area contributed by atoms with Crippen LogP contribution in [0.4, 0.5) is 0 Å². The predicted octanol–water partition coefficient (Wildman–Crippen LogP) is 2.31. The Morgan fingerprint density at radius 3 is 3.06 bits per heavy atom. The SMILES string of the molecule is Cc1csc(CCN2CCNC(CC(C)C)C2)n1. The van der Waals surface area contributed by atoms with Gasteiger partial charge in [-0.1, -0.05) is 13.8 Å². The minimum absolute atomic E-state index is 0.678. The first-order valence-electron chi connectivity index (χ1n) is 7.00. The van der Waals surface area contributed by atoms with Crippen LogP contribution in [0, 0.1) is 12.8 Å². The van der Waals surface area contributed by atoms with Crippen LogP contribution in [0.3, 0.4) is 0 Å². The standard InChI is InChI=1S/C14H25N3S/c1-11(2)8-13-9-17(7-5-15-13)6-4-14-16-12(3)10-18-14/h10-11,13,15H,4-9H2,1-3H3. The van der Waals surface area contributed by atoms with Crippen molar-refractivity contribution in [1.82, 2.24) is 15.2 Å². The fraction of sp³-hybridized carbons (Fsp3) is 0.786. The van der Waals surface area contributed by atoms with E-state index in [9.17, 15) is 0 Å². The number of nitrogens with zero attached hydrogens (tertiary/aromatic N) is 2. The second-order valence-electron chi connectivity index (χ2n) is 5.71. The summed E-state index contributed by atoms with van der Waals surface area (Å²) in [5, 5.41) is 7.06. The molecule has 0 aliphatic carbocycles. The Bertz CT molecular complexity index is 362. The molecule has 0 bridgehead atoms. The van der Waals surface area contributed by atoms with Gasteiger partial charge in [0.1, 0.15) is 0 Å². The number of nitrogens with one attached hydrogen (secondary N) is 1. The van der Waals surface area contributed by atoms with E-state index >= 15 is 0 Å². The summed E-state index contributed by atoms with van der Waals surface area (Å²) in [7, 11) is 0. The molecule has 0 spiro atoms. The molecule has 18 heavy (non-hydrogen) atoms. The van der Waals surface area contributed by atoms with Gasteiger partial charge in [-0.25, -0.2) is 4.98 Å². The van der Waals surface area contributed by atoms with Gasteiger partial charge in [0, 0.05) is 49.7 Å². The molecular formula is C14H25N3S. The van der Waals surface area contributed by atoms with Gasteiger partial charge in [-0.2, -0.15) is 0 Å². The van der Waals surface area contributed by atoms with Gasteiger partial charge in [0.15, 0.2) is 0 Å². The summed E-state index contributed by atoms with van der Waals surface area (Å²) in [6.45, 7) is 11.3. The van der Waals surface area contributed by atoms with Crippen LogP contribution in [0.1, 0.15) is 31.0 Å². The molecule has 2 rings (SSSR count). The van der Waals surface area contributed by atoms with Crippen LogP contribution in [0.5, 0.6) is 0 Å². The third kappa shape index (κ3) is 4.34. The first-order valence-corrected chi connectivity index (χ1v) is 7.88. The lowest BCUT2D eigenvalue weighted by molar-refractivity contribution is 0.188. The topological polar surface area (TPSA) is 28.2 Å². The fourth-order valence-electron chi connectivity index (χ4n) is 2.60. The molecule has 102 valence electrons. The fourth-order valence-corrected chi connectivity index (χ4v) is 3.36. The molecule has 0 amide bonds. The Morgan fingerprint density at radius 2 is 2.39 bits per heavy atom. The van der Waals surface area contributed by atoms with Gasteiger partial charge >= 0.3 is 0 Å². The van der Waals surface area contributed by atoms with Gasteiger partial charge in [0.05, 0.1) is 5.01 Å². The maximum Gasteiger partial charge on any atom is 0.0940 e. The Hall–Kier alpha value is -0.450. The summed E-state index contributed by atoms with van der Waals surface area (Å²) < 4.78 is 0. The molecule has 1 aromatic rings. The van der Waals surface area contributed by atoms with Crippen molar-refractivity contribution in [3.05, 3.63) is 16.1 Å². The number of piperazine rings is 1. The Balaban J connectivity index is 1.75. The molecule has 1 aliphatic rings. The quantitative estimate of drug-likeness (QED) is 0.887. The molecule has 3 nitrogen and oxygen atoms in total. The Labute approximate surface area is 115 Å². The average Bonchev–Trinajstić information content (AvgIpc) is 2.72. The molecule has 1 N–H and O–H groups in total. The van der Waals surface area contributed by atoms with Crippen molar-refractivity contribution in [2.24, 2.45) is 5.92 Å². The van der Waals surface area contributed by atoms with Crippen LogP contribution in [-0.2, 0) is 6.42 Å². The third-order valence-corrected chi connectivity index (χ3v) is 4.43. The van der Waals surface area contributed by atoms with Gasteiger partial charge in [-0.3, -0.25) is 0 Å². The lowest BCUT2D eigenvalue weighted by Crippen LogP contribution is -2.51. The maximum absolute atomic E-state index is 4.54. The number of aromatic nitrogens is 1. The second-order valence-corrected chi connectivity index (χ2v) is 6.66. The molecule has 2 heterocycles. The van der Waals surface area contributed by atoms with Crippen molar-refractivity contribution in [3.63, 3.8) is 0 Å². The molecule has 1 fully saturated rings. The van der Waals surface area contributed by atoms with Gasteiger partial charge in [0.25, 0.3) is 0 Å². The van der Waals surface area contributed by atoms with E-state index < -0.39 is 0 Å². The summed E-state index contributed by atoms with van der Waals surface area (Å²) in [5.74, 6) is 0.782. The lowest BCUT2D eigenvalue weighted by atomic mass is 10.0. The van der Waals surface area contributed by atoms with Crippen molar-refractivity contribution >= 4 is 11.3 Å². The van der Waals surface area contributed by atoms with Crippen LogP contribution in [0.15, 0.2) is 5.38 Å². The highest BCUT2D eigenvalue weighted by Gasteiger charge is 2.19. The molecular weight excluding hydrogens is 242 g/mol. The zero-order valence-electron chi connectivity index (χ0n) is 11.8. The molecule has 1 saturated heterocycles. The van der Waals surface area contributed by atoms with E-state index in [1.807, 2.05) is 0 Å². The number of thiazole rings is 1. The minimum Gasteiger partial charge on any atom is -0.311 e. The minimum atomic E-state index is 0.678. The number of rotatable bonds is 5. The number of hydrogen-bond donors (Lipinski definition) is 1.